The van der Waals surface area contributed by atoms with Gasteiger partial charge in [-0.3, -0.25) is 4.98 Å². The molecule has 92 valence electrons. The van der Waals surface area contributed by atoms with Crippen LogP contribution in [-0.4, -0.2) is 15.0 Å². The molecule has 0 radical (unpaired) electrons. The molecule has 0 aliphatic carbocycles. The number of pyridine rings is 1. The minimum Gasteiger partial charge on any atom is -0.338 e. The topological polar surface area (TPSA) is 41.6 Å². The zero-order valence-electron chi connectivity index (χ0n) is 9.02. The molecule has 2 heterocycles. The first-order valence-electron chi connectivity index (χ1n) is 4.98. The summed E-state index contributed by atoms with van der Waals surface area (Å²) >= 11 is 11.9. The Morgan fingerprint density at radius 1 is 1.06 bits per heavy atom. The lowest BCUT2D eigenvalue weighted by atomic mass is 10.2. The predicted octanol–water partition coefficient (Wildman–Crippen LogP) is 4.35. The van der Waals surface area contributed by atoms with Crippen molar-refractivity contribution in [3.8, 4) is 11.4 Å². The standard InChI is InChI=1S/C12H7Cl2N3.ClH/c13-8-3-7(4-9(14)5-8)12-16-10-1-2-15-6-11(10)17-12;/h1-6H,(H,16,17);1H. The number of H-pyrrole nitrogens is 1. The smallest absolute Gasteiger partial charge is 0.138 e. The van der Waals surface area contributed by atoms with Crippen molar-refractivity contribution in [3.63, 3.8) is 0 Å². The van der Waals surface area contributed by atoms with Crippen LogP contribution in [0.15, 0.2) is 36.7 Å². The van der Waals surface area contributed by atoms with Crippen LogP contribution in [0.2, 0.25) is 10.0 Å². The number of fused-ring (bicyclic) bond motifs is 1. The van der Waals surface area contributed by atoms with Gasteiger partial charge in [-0.25, -0.2) is 4.98 Å². The molecular weight excluding hydrogens is 293 g/mol. The van der Waals surface area contributed by atoms with Crippen molar-refractivity contribution in [3.05, 3.63) is 46.7 Å². The normalized spacial score (nSPS) is 10.3. The summed E-state index contributed by atoms with van der Waals surface area (Å²) in [6.45, 7) is 0. The molecule has 1 aromatic carbocycles. The minimum atomic E-state index is 0. The maximum Gasteiger partial charge on any atom is 0.138 e. The Hall–Kier alpha value is -1.29. The molecule has 0 atom stereocenters. The largest absolute Gasteiger partial charge is 0.338 e. The summed E-state index contributed by atoms with van der Waals surface area (Å²) in [7, 11) is 0. The van der Waals surface area contributed by atoms with E-state index in [1.807, 2.05) is 18.2 Å². The molecule has 0 amide bonds. The fourth-order valence-corrected chi connectivity index (χ4v) is 2.21. The molecule has 0 saturated carbocycles. The lowest BCUT2D eigenvalue weighted by molar-refractivity contribution is 1.33. The number of halogens is 3. The first kappa shape index (κ1) is 13.1. The summed E-state index contributed by atoms with van der Waals surface area (Å²) in [5.41, 5.74) is 2.61. The minimum absolute atomic E-state index is 0. The van der Waals surface area contributed by atoms with Crippen molar-refractivity contribution in [2.45, 2.75) is 0 Å². The van der Waals surface area contributed by atoms with Gasteiger partial charge in [0.05, 0.1) is 11.7 Å². The van der Waals surface area contributed by atoms with Crippen molar-refractivity contribution >= 4 is 46.6 Å². The first-order chi connectivity index (χ1) is 8.22. The van der Waals surface area contributed by atoms with E-state index in [1.165, 1.54) is 0 Å². The third-order valence-corrected chi connectivity index (χ3v) is 2.86. The van der Waals surface area contributed by atoms with Crippen molar-refractivity contribution in [2.75, 3.05) is 0 Å². The second-order valence-electron chi connectivity index (χ2n) is 3.64. The van der Waals surface area contributed by atoms with Crippen molar-refractivity contribution in [1.29, 1.82) is 0 Å². The first-order valence-corrected chi connectivity index (χ1v) is 5.74. The molecule has 0 bridgehead atoms. The molecule has 1 N–H and O–H groups in total. The summed E-state index contributed by atoms with van der Waals surface area (Å²) < 4.78 is 0. The quantitative estimate of drug-likeness (QED) is 0.725. The van der Waals surface area contributed by atoms with Crippen LogP contribution < -0.4 is 0 Å². The Bertz CT molecular complexity index is 641. The van der Waals surface area contributed by atoms with Crippen molar-refractivity contribution < 1.29 is 0 Å². The molecule has 0 fully saturated rings. The van der Waals surface area contributed by atoms with Crippen LogP contribution in [-0.2, 0) is 0 Å². The number of hydrogen-bond donors (Lipinski definition) is 1. The molecule has 6 heteroatoms. The van der Waals surface area contributed by atoms with Crippen LogP contribution in [0, 0.1) is 0 Å². The van der Waals surface area contributed by atoms with Crippen LogP contribution in [0.3, 0.4) is 0 Å². The van der Waals surface area contributed by atoms with Gasteiger partial charge in [0.2, 0.25) is 0 Å². The van der Waals surface area contributed by atoms with Crippen LogP contribution in [0.5, 0.6) is 0 Å². The molecule has 2 aromatic heterocycles. The molecule has 18 heavy (non-hydrogen) atoms. The molecule has 0 spiro atoms. The third-order valence-electron chi connectivity index (χ3n) is 2.42. The number of aromatic amines is 1. The molecule has 0 unspecified atom stereocenters. The van der Waals surface area contributed by atoms with E-state index in [0.717, 1.165) is 22.4 Å². The van der Waals surface area contributed by atoms with Crippen LogP contribution >= 0.6 is 35.6 Å². The fourth-order valence-electron chi connectivity index (χ4n) is 1.68. The number of nitrogens with zero attached hydrogens (tertiary/aromatic N) is 2. The van der Waals surface area contributed by atoms with Gasteiger partial charge in [0.15, 0.2) is 0 Å². The summed E-state index contributed by atoms with van der Waals surface area (Å²) in [6, 6.07) is 7.20. The fraction of sp³-hybridized carbons (Fsp3) is 0. The molecule has 3 nitrogen and oxygen atoms in total. The number of hydrogen-bond acceptors (Lipinski definition) is 2. The molecule has 0 aliphatic heterocycles. The van der Waals surface area contributed by atoms with Gasteiger partial charge in [-0.1, -0.05) is 23.2 Å². The zero-order valence-corrected chi connectivity index (χ0v) is 11.4. The van der Waals surface area contributed by atoms with Gasteiger partial charge in [-0.05, 0) is 24.3 Å². The number of rotatable bonds is 1. The van der Waals surface area contributed by atoms with Crippen LogP contribution in [0.1, 0.15) is 0 Å². The highest BCUT2D eigenvalue weighted by Gasteiger charge is 2.06. The highest BCUT2D eigenvalue weighted by Crippen LogP contribution is 2.26. The highest BCUT2D eigenvalue weighted by molar-refractivity contribution is 6.35. The van der Waals surface area contributed by atoms with Crippen LogP contribution in [0.4, 0.5) is 0 Å². The van der Waals surface area contributed by atoms with Gasteiger partial charge in [0.1, 0.15) is 11.3 Å². The predicted molar refractivity (Wildman–Crippen MR) is 76.6 cm³/mol. The van der Waals surface area contributed by atoms with Crippen molar-refractivity contribution in [1.82, 2.24) is 15.0 Å². The van der Waals surface area contributed by atoms with E-state index >= 15 is 0 Å². The highest BCUT2D eigenvalue weighted by atomic mass is 35.5. The monoisotopic (exact) mass is 299 g/mol. The molecule has 0 aliphatic rings. The van der Waals surface area contributed by atoms with E-state index in [1.54, 1.807) is 18.5 Å². The van der Waals surface area contributed by atoms with Gasteiger partial charge in [-0.2, -0.15) is 0 Å². The van der Waals surface area contributed by atoms with E-state index in [0.29, 0.717) is 10.0 Å². The second kappa shape index (κ2) is 5.14. The number of aromatic nitrogens is 3. The number of benzene rings is 1. The SMILES string of the molecule is Cl.Clc1cc(Cl)cc(-c2nc3cnccc3[nH]2)c1. The van der Waals surface area contributed by atoms with E-state index in [4.69, 9.17) is 23.2 Å². The van der Waals surface area contributed by atoms with Gasteiger partial charge in [-0.15, -0.1) is 12.4 Å². The lowest BCUT2D eigenvalue weighted by Crippen LogP contribution is -1.80. The average Bonchev–Trinajstić information content (AvgIpc) is 2.71. The third kappa shape index (κ3) is 2.43. The van der Waals surface area contributed by atoms with E-state index in [9.17, 15) is 0 Å². The Kier molecular flexibility index (Phi) is 3.76. The summed E-state index contributed by atoms with van der Waals surface area (Å²) in [5, 5.41) is 1.18. The van der Waals surface area contributed by atoms with Crippen molar-refractivity contribution in [2.24, 2.45) is 0 Å². The van der Waals surface area contributed by atoms with E-state index in [2.05, 4.69) is 15.0 Å². The van der Waals surface area contributed by atoms with Crippen LogP contribution in [0.25, 0.3) is 22.4 Å². The maximum absolute atomic E-state index is 5.96. The Balaban J connectivity index is 0.00000120. The zero-order chi connectivity index (χ0) is 11.8. The van der Waals surface area contributed by atoms with Gasteiger partial charge in [0.25, 0.3) is 0 Å². The van der Waals surface area contributed by atoms with E-state index < -0.39 is 0 Å². The molecule has 0 saturated heterocycles. The number of imidazole rings is 1. The Morgan fingerprint density at radius 3 is 2.44 bits per heavy atom. The summed E-state index contributed by atoms with van der Waals surface area (Å²) in [6.07, 6.45) is 3.43. The van der Waals surface area contributed by atoms with E-state index in [-0.39, 0.29) is 12.4 Å². The second-order valence-corrected chi connectivity index (χ2v) is 4.51. The van der Waals surface area contributed by atoms with Gasteiger partial charge < -0.3 is 4.98 Å². The number of nitrogens with one attached hydrogen (secondary N) is 1. The molecule has 3 aromatic rings. The average molecular weight is 301 g/mol. The molecular formula is C12H8Cl3N3. The summed E-state index contributed by atoms with van der Waals surface area (Å²) in [5.74, 6) is 0.734. The maximum atomic E-state index is 5.96. The Morgan fingerprint density at radius 2 is 1.78 bits per heavy atom. The summed E-state index contributed by atoms with van der Waals surface area (Å²) in [4.78, 5) is 11.6. The molecule has 3 rings (SSSR count). The Labute approximate surface area is 120 Å². The van der Waals surface area contributed by atoms with Gasteiger partial charge >= 0.3 is 0 Å². The lowest BCUT2D eigenvalue weighted by Gasteiger charge is -1.98. The van der Waals surface area contributed by atoms with Gasteiger partial charge in [0, 0.05) is 21.8 Å².